The van der Waals surface area contributed by atoms with Crippen LogP contribution in [-0.4, -0.2) is 28.3 Å². The first-order valence-corrected chi connectivity index (χ1v) is 9.97. The number of halogens is 3. The molecule has 3 rings (SSSR count). The summed E-state index contributed by atoms with van der Waals surface area (Å²) in [7, 11) is 0. The molecule has 1 atom stereocenters. The van der Waals surface area contributed by atoms with E-state index in [1.165, 1.54) is 18.5 Å². The van der Waals surface area contributed by atoms with E-state index in [1.807, 2.05) is 13.8 Å². The molecule has 164 valence electrons. The van der Waals surface area contributed by atoms with Gasteiger partial charge in [-0.1, -0.05) is 25.4 Å². The van der Waals surface area contributed by atoms with Crippen LogP contribution in [0.5, 0.6) is 5.75 Å². The molecule has 9 heteroatoms. The number of amides is 1. The molecule has 0 aliphatic rings. The Morgan fingerprint density at radius 2 is 2.00 bits per heavy atom. The zero-order valence-corrected chi connectivity index (χ0v) is 18.0. The van der Waals surface area contributed by atoms with Gasteiger partial charge in [0, 0.05) is 29.3 Å². The number of aromatic nitrogens is 2. The molecule has 2 N–H and O–H groups in total. The van der Waals surface area contributed by atoms with Gasteiger partial charge in [0.2, 0.25) is 0 Å². The standard InChI is InChI=1S/C22H22ClF2N3O3/c1-12(2)9-22(3,31-21(26)29)11-30-19-10-28-17(8-15(19)23)14-4-5-27-18-7-13(24)6-16(25)20(14)18/h4-8,10,12H,9,11H2,1-3H3,(H2,26,29)/t22-/m0/s1. The number of nitrogens with zero attached hydrogens (tertiary/aromatic N) is 2. The van der Waals surface area contributed by atoms with Crippen molar-refractivity contribution < 1.29 is 23.0 Å². The fraction of sp³-hybridized carbons (Fsp3) is 0.318. The van der Waals surface area contributed by atoms with E-state index in [4.69, 9.17) is 26.8 Å². The first-order valence-electron chi connectivity index (χ1n) is 9.59. The molecule has 0 spiro atoms. The first kappa shape index (κ1) is 22.7. The Labute approximate surface area is 183 Å². The van der Waals surface area contributed by atoms with Crippen LogP contribution in [0.15, 0.2) is 36.7 Å². The summed E-state index contributed by atoms with van der Waals surface area (Å²) < 4.78 is 38.9. The van der Waals surface area contributed by atoms with Gasteiger partial charge in [-0.25, -0.2) is 13.6 Å². The van der Waals surface area contributed by atoms with Crippen molar-refractivity contribution in [2.45, 2.75) is 32.8 Å². The largest absolute Gasteiger partial charge is 0.486 e. The Balaban J connectivity index is 1.89. The molecule has 0 unspecified atom stereocenters. The topological polar surface area (TPSA) is 87.3 Å². The number of pyridine rings is 2. The summed E-state index contributed by atoms with van der Waals surface area (Å²) in [6, 6.07) is 5.03. The number of benzene rings is 1. The quantitative estimate of drug-likeness (QED) is 0.514. The molecule has 0 aliphatic heterocycles. The smallest absolute Gasteiger partial charge is 0.405 e. The van der Waals surface area contributed by atoms with Crippen LogP contribution in [-0.2, 0) is 4.74 Å². The van der Waals surface area contributed by atoms with Crippen molar-refractivity contribution in [3.05, 3.63) is 53.3 Å². The summed E-state index contributed by atoms with van der Waals surface area (Å²) >= 11 is 6.37. The van der Waals surface area contributed by atoms with E-state index in [0.29, 0.717) is 17.7 Å². The first-order chi connectivity index (χ1) is 14.6. The van der Waals surface area contributed by atoms with Gasteiger partial charge >= 0.3 is 6.09 Å². The number of hydrogen-bond acceptors (Lipinski definition) is 5. The van der Waals surface area contributed by atoms with Gasteiger partial charge in [-0.3, -0.25) is 9.97 Å². The van der Waals surface area contributed by atoms with Crippen molar-refractivity contribution in [1.29, 1.82) is 0 Å². The van der Waals surface area contributed by atoms with E-state index in [-0.39, 0.29) is 34.2 Å². The van der Waals surface area contributed by atoms with Gasteiger partial charge in [-0.15, -0.1) is 0 Å². The second-order valence-electron chi connectivity index (χ2n) is 7.90. The third kappa shape index (κ3) is 5.38. The Morgan fingerprint density at radius 1 is 1.26 bits per heavy atom. The number of fused-ring (bicyclic) bond motifs is 1. The average molecular weight is 450 g/mol. The van der Waals surface area contributed by atoms with Crippen LogP contribution in [0.25, 0.3) is 22.2 Å². The molecule has 3 aromatic rings. The zero-order valence-electron chi connectivity index (χ0n) is 17.3. The maximum Gasteiger partial charge on any atom is 0.405 e. The summed E-state index contributed by atoms with van der Waals surface area (Å²) in [4.78, 5) is 19.6. The normalized spacial score (nSPS) is 13.3. The summed E-state index contributed by atoms with van der Waals surface area (Å²) in [5.74, 6) is -0.974. The summed E-state index contributed by atoms with van der Waals surface area (Å²) in [5.41, 5.74) is 5.19. The fourth-order valence-corrected chi connectivity index (χ4v) is 3.76. The van der Waals surface area contributed by atoms with E-state index >= 15 is 0 Å². The molecule has 1 amide bonds. The van der Waals surface area contributed by atoms with E-state index in [0.717, 1.165) is 12.1 Å². The number of hydrogen-bond donors (Lipinski definition) is 1. The molecule has 2 heterocycles. The third-order valence-electron chi connectivity index (χ3n) is 4.57. The van der Waals surface area contributed by atoms with Crippen LogP contribution in [0.4, 0.5) is 13.6 Å². The fourth-order valence-electron chi connectivity index (χ4n) is 3.56. The number of carbonyl (C=O) groups is 1. The van der Waals surface area contributed by atoms with E-state index in [1.54, 1.807) is 13.0 Å². The SMILES string of the molecule is CC(C)C[C@@](C)(COc1cnc(-c2ccnc3cc(F)cc(F)c23)cc1Cl)OC(N)=O. The van der Waals surface area contributed by atoms with Crippen molar-refractivity contribution >= 4 is 28.6 Å². The lowest BCUT2D eigenvalue weighted by Gasteiger charge is -2.30. The second-order valence-corrected chi connectivity index (χ2v) is 8.31. The molecule has 1 aromatic carbocycles. The minimum Gasteiger partial charge on any atom is -0.486 e. The monoisotopic (exact) mass is 449 g/mol. The Morgan fingerprint density at radius 3 is 2.65 bits per heavy atom. The maximum absolute atomic E-state index is 14.4. The summed E-state index contributed by atoms with van der Waals surface area (Å²) in [6.45, 7) is 5.70. The summed E-state index contributed by atoms with van der Waals surface area (Å²) in [5, 5.41) is 0.365. The van der Waals surface area contributed by atoms with Crippen LogP contribution in [0, 0.1) is 17.6 Å². The lowest BCUT2D eigenvalue weighted by molar-refractivity contribution is -0.0186. The Bertz CT molecular complexity index is 1130. The predicted molar refractivity (Wildman–Crippen MR) is 114 cm³/mol. The van der Waals surface area contributed by atoms with Crippen LogP contribution in [0.2, 0.25) is 5.02 Å². The molecule has 0 aliphatic carbocycles. The molecule has 0 saturated heterocycles. The molecule has 0 saturated carbocycles. The minimum atomic E-state index is -0.948. The van der Waals surface area contributed by atoms with Gasteiger partial charge in [-0.2, -0.15) is 0 Å². The number of nitrogens with two attached hydrogens (primary N) is 1. The van der Waals surface area contributed by atoms with Crippen LogP contribution >= 0.6 is 11.6 Å². The van der Waals surface area contributed by atoms with Crippen molar-refractivity contribution in [3.8, 4) is 17.0 Å². The Hall–Kier alpha value is -3.00. The van der Waals surface area contributed by atoms with Crippen LogP contribution in [0.3, 0.4) is 0 Å². The summed E-state index contributed by atoms with van der Waals surface area (Å²) in [6.07, 6.45) is 2.47. The van der Waals surface area contributed by atoms with E-state index in [2.05, 4.69) is 9.97 Å². The number of primary amides is 1. The van der Waals surface area contributed by atoms with Gasteiger partial charge in [0.05, 0.1) is 22.4 Å². The van der Waals surface area contributed by atoms with Gasteiger partial charge < -0.3 is 15.2 Å². The predicted octanol–water partition coefficient (Wildman–Crippen LogP) is 5.51. The van der Waals surface area contributed by atoms with Crippen molar-refractivity contribution in [2.75, 3.05) is 6.61 Å². The molecule has 0 bridgehead atoms. The zero-order chi connectivity index (χ0) is 22.8. The average Bonchev–Trinajstić information content (AvgIpc) is 2.65. The van der Waals surface area contributed by atoms with Crippen LogP contribution in [0.1, 0.15) is 27.2 Å². The second kappa shape index (κ2) is 9.01. The third-order valence-corrected chi connectivity index (χ3v) is 4.87. The lowest BCUT2D eigenvalue weighted by atomic mass is 9.95. The molecule has 31 heavy (non-hydrogen) atoms. The van der Waals surface area contributed by atoms with Crippen LogP contribution < -0.4 is 10.5 Å². The molecular formula is C22H22ClF2N3O3. The number of ether oxygens (including phenoxy) is 2. The van der Waals surface area contributed by atoms with Gasteiger partial charge in [-0.05, 0) is 31.4 Å². The Kier molecular flexibility index (Phi) is 6.59. The molecule has 0 radical (unpaired) electrons. The number of carbonyl (C=O) groups excluding carboxylic acids is 1. The van der Waals surface area contributed by atoms with Gasteiger partial charge in [0.15, 0.2) is 5.75 Å². The molecular weight excluding hydrogens is 428 g/mol. The maximum atomic E-state index is 14.4. The molecule has 0 fully saturated rings. The minimum absolute atomic E-state index is 0.0148. The highest BCUT2D eigenvalue weighted by Crippen LogP contribution is 2.34. The van der Waals surface area contributed by atoms with Crippen molar-refractivity contribution in [3.63, 3.8) is 0 Å². The van der Waals surface area contributed by atoms with Crippen molar-refractivity contribution in [2.24, 2.45) is 11.7 Å². The van der Waals surface area contributed by atoms with E-state index in [9.17, 15) is 13.6 Å². The highest BCUT2D eigenvalue weighted by atomic mass is 35.5. The van der Waals surface area contributed by atoms with Crippen molar-refractivity contribution in [1.82, 2.24) is 9.97 Å². The van der Waals surface area contributed by atoms with Gasteiger partial charge in [0.1, 0.15) is 23.8 Å². The number of rotatable bonds is 7. The van der Waals surface area contributed by atoms with E-state index < -0.39 is 23.3 Å². The molecule has 2 aromatic heterocycles. The lowest BCUT2D eigenvalue weighted by Crippen LogP contribution is -2.41. The highest BCUT2D eigenvalue weighted by Gasteiger charge is 2.31. The molecule has 6 nitrogen and oxygen atoms in total. The van der Waals surface area contributed by atoms with Gasteiger partial charge in [0.25, 0.3) is 0 Å². The highest BCUT2D eigenvalue weighted by molar-refractivity contribution is 6.32.